The number of nitrogens with two attached hydrogens (primary N) is 1. The van der Waals surface area contributed by atoms with Gasteiger partial charge < -0.3 is 20.5 Å². The highest BCUT2D eigenvalue weighted by atomic mass is 35.5. The summed E-state index contributed by atoms with van der Waals surface area (Å²) in [6.45, 7) is 3.27. The van der Waals surface area contributed by atoms with Gasteiger partial charge in [-0.05, 0) is 30.2 Å². The largest absolute Gasteiger partial charge is 0.486 e. The lowest BCUT2D eigenvalue weighted by atomic mass is 10.1. The summed E-state index contributed by atoms with van der Waals surface area (Å²) in [5.41, 5.74) is 8.74. The molecule has 0 aromatic heterocycles. The van der Waals surface area contributed by atoms with Gasteiger partial charge in [0.05, 0.1) is 5.02 Å². The number of carbonyl (C=O) groups excluding carboxylic acids is 1. The molecule has 1 aliphatic heterocycles. The summed E-state index contributed by atoms with van der Waals surface area (Å²) in [6.07, 6.45) is 0. The Bertz CT molecular complexity index is 751. The Hall–Kier alpha value is -1.95. The molecule has 0 radical (unpaired) electrons. The molecule has 2 aromatic rings. The topological polar surface area (TPSA) is 73.6 Å². The van der Waals surface area contributed by atoms with E-state index in [9.17, 15) is 4.79 Å². The molecule has 0 bridgehead atoms. The van der Waals surface area contributed by atoms with Crippen LogP contribution in [0, 0.1) is 6.92 Å². The highest BCUT2D eigenvalue weighted by Gasteiger charge is 2.18. The van der Waals surface area contributed by atoms with E-state index in [4.69, 9.17) is 26.8 Å². The lowest BCUT2D eigenvalue weighted by Crippen LogP contribution is -2.33. The van der Waals surface area contributed by atoms with Gasteiger partial charge >= 0.3 is 0 Å². The fourth-order valence-electron chi connectivity index (χ4n) is 2.49. The molecule has 7 heteroatoms. The molecule has 1 aliphatic rings. The average molecular weight is 383 g/mol. The quantitative estimate of drug-likeness (QED) is 0.851. The van der Waals surface area contributed by atoms with Crippen LogP contribution in [0.25, 0.3) is 0 Å². The van der Waals surface area contributed by atoms with E-state index >= 15 is 0 Å². The number of fused-ring (bicyclic) bond motifs is 1. The van der Waals surface area contributed by atoms with Crippen LogP contribution in [0.5, 0.6) is 11.5 Å². The first-order valence-electron chi connectivity index (χ1n) is 7.72. The molecule has 1 unspecified atom stereocenters. The molecule has 25 heavy (non-hydrogen) atoms. The van der Waals surface area contributed by atoms with Crippen molar-refractivity contribution in [2.45, 2.75) is 19.5 Å². The second-order valence-electron chi connectivity index (χ2n) is 5.71. The lowest BCUT2D eigenvalue weighted by molar-refractivity contribution is -0.122. The number of halogens is 2. The summed E-state index contributed by atoms with van der Waals surface area (Å²) < 4.78 is 11.0. The van der Waals surface area contributed by atoms with Crippen LogP contribution in [0.15, 0.2) is 36.4 Å². The monoisotopic (exact) mass is 382 g/mol. The molecule has 5 nitrogen and oxygen atoms in total. The minimum Gasteiger partial charge on any atom is -0.486 e. The molecular weight excluding hydrogens is 363 g/mol. The van der Waals surface area contributed by atoms with Crippen LogP contribution in [-0.2, 0) is 11.3 Å². The number of hydrogen-bond acceptors (Lipinski definition) is 4. The normalized spacial score (nSPS) is 13.6. The highest BCUT2D eigenvalue weighted by molar-refractivity contribution is 6.32. The van der Waals surface area contributed by atoms with E-state index in [1.165, 1.54) is 0 Å². The SMILES string of the molecule is Cc1ccc(C(N)C(=O)NCc2cc(Cl)c3c(c2)OCCO3)cc1.Cl. The minimum atomic E-state index is -0.710. The summed E-state index contributed by atoms with van der Waals surface area (Å²) in [4.78, 5) is 12.3. The Morgan fingerprint density at radius 1 is 1.24 bits per heavy atom. The zero-order valence-electron chi connectivity index (χ0n) is 13.8. The maximum absolute atomic E-state index is 12.3. The number of carbonyl (C=O) groups is 1. The molecule has 2 aromatic carbocycles. The number of amides is 1. The molecule has 134 valence electrons. The van der Waals surface area contributed by atoms with E-state index in [1.54, 1.807) is 6.07 Å². The predicted molar refractivity (Wildman–Crippen MR) is 99.6 cm³/mol. The van der Waals surface area contributed by atoms with Crippen molar-refractivity contribution < 1.29 is 14.3 Å². The van der Waals surface area contributed by atoms with Gasteiger partial charge in [0.2, 0.25) is 5.91 Å². The highest BCUT2D eigenvalue weighted by Crippen LogP contribution is 2.38. The molecule has 0 fully saturated rings. The standard InChI is InChI=1S/C18H19ClN2O3.ClH/c1-11-2-4-13(5-3-11)16(20)18(22)21-10-12-8-14(19)17-15(9-12)23-6-7-24-17;/h2-5,8-9,16H,6-7,10,20H2,1H3,(H,21,22);1H. The maximum atomic E-state index is 12.3. The van der Waals surface area contributed by atoms with Crippen molar-refractivity contribution in [3.63, 3.8) is 0 Å². The summed E-state index contributed by atoms with van der Waals surface area (Å²) in [5, 5.41) is 3.30. The molecule has 0 spiro atoms. The van der Waals surface area contributed by atoms with Gasteiger partial charge in [-0.15, -0.1) is 12.4 Å². The maximum Gasteiger partial charge on any atom is 0.241 e. The molecule has 0 aliphatic carbocycles. The Balaban J connectivity index is 0.00000225. The molecule has 0 saturated heterocycles. The first kappa shape index (κ1) is 19.4. The van der Waals surface area contributed by atoms with Crippen molar-refractivity contribution in [3.8, 4) is 11.5 Å². The smallest absolute Gasteiger partial charge is 0.241 e. The van der Waals surface area contributed by atoms with Crippen molar-refractivity contribution in [1.29, 1.82) is 0 Å². The fraction of sp³-hybridized carbons (Fsp3) is 0.278. The number of ether oxygens (including phenoxy) is 2. The van der Waals surface area contributed by atoms with E-state index in [-0.39, 0.29) is 18.3 Å². The van der Waals surface area contributed by atoms with E-state index in [0.29, 0.717) is 36.3 Å². The van der Waals surface area contributed by atoms with Crippen LogP contribution >= 0.6 is 24.0 Å². The van der Waals surface area contributed by atoms with E-state index in [1.807, 2.05) is 37.3 Å². The average Bonchev–Trinajstić information content (AvgIpc) is 2.60. The summed E-state index contributed by atoms with van der Waals surface area (Å²) in [5.74, 6) is 0.903. The molecule has 0 saturated carbocycles. The predicted octanol–water partition coefficient (Wildman–Crippen LogP) is 3.16. The Morgan fingerprint density at radius 3 is 2.64 bits per heavy atom. The van der Waals surface area contributed by atoms with E-state index in [2.05, 4.69) is 5.32 Å². The molecule has 1 amide bonds. The van der Waals surface area contributed by atoms with Gasteiger partial charge in [0.15, 0.2) is 11.5 Å². The third kappa shape index (κ3) is 4.57. The number of hydrogen-bond donors (Lipinski definition) is 2. The molecule has 3 N–H and O–H groups in total. The van der Waals surface area contributed by atoms with Crippen molar-refractivity contribution in [2.75, 3.05) is 13.2 Å². The zero-order chi connectivity index (χ0) is 17.1. The second kappa shape index (κ2) is 8.43. The van der Waals surface area contributed by atoms with Crippen molar-refractivity contribution in [3.05, 3.63) is 58.1 Å². The van der Waals surface area contributed by atoms with Gasteiger partial charge in [0.25, 0.3) is 0 Å². The van der Waals surface area contributed by atoms with Gasteiger partial charge in [-0.2, -0.15) is 0 Å². The lowest BCUT2D eigenvalue weighted by Gasteiger charge is -2.20. The zero-order valence-corrected chi connectivity index (χ0v) is 15.3. The van der Waals surface area contributed by atoms with Crippen molar-refractivity contribution in [2.24, 2.45) is 5.73 Å². The minimum absolute atomic E-state index is 0. The Kier molecular flexibility index (Phi) is 6.53. The Labute approximate surface area is 157 Å². The third-order valence-electron chi connectivity index (χ3n) is 3.84. The fourth-order valence-corrected chi connectivity index (χ4v) is 2.78. The first-order valence-corrected chi connectivity index (χ1v) is 8.10. The first-order chi connectivity index (χ1) is 11.5. The van der Waals surface area contributed by atoms with Crippen LogP contribution in [0.4, 0.5) is 0 Å². The summed E-state index contributed by atoms with van der Waals surface area (Å²) in [7, 11) is 0. The summed E-state index contributed by atoms with van der Waals surface area (Å²) in [6, 6.07) is 10.5. The van der Waals surface area contributed by atoms with Crippen LogP contribution in [0.2, 0.25) is 5.02 Å². The van der Waals surface area contributed by atoms with Gasteiger partial charge in [0.1, 0.15) is 19.3 Å². The molecule has 1 heterocycles. The van der Waals surface area contributed by atoms with Crippen LogP contribution in [0.3, 0.4) is 0 Å². The molecule has 3 rings (SSSR count). The molecular formula is C18H20Cl2N2O3. The third-order valence-corrected chi connectivity index (χ3v) is 4.12. The van der Waals surface area contributed by atoms with Gasteiger partial charge in [-0.25, -0.2) is 0 Å². The number of benzene rings is 2. The van der Waals surface area contributed by atoms with Crippen LogP contribution < -0.4 is 20.5 Å². The Morgan fingerprint density at radius 2 is 1.92 bits per heavy atom. The van der Waals surface area contributed by atoms with E-state index in [0.717, 1.165) is 16.7 Å². The van der Waals surface area contributed by atoms with E-state index < -0.39 is 6.04 Å². The number of aryl methyl sites for hydroxylation is 1. The van der Waals surface area contributed by atoms with Crippen molar-refractivity contribution in [1.82, 2.24) is 5.32 Å². The van der Waals surface area contributed by atoms with Gasteiger partial charge in [-0.3, -0.25) is 4.79 Å². The van der Waals surface area contributed by atoms with Gasteiger partial charge in [0, 0.05) is 6.54 Å². The number of nitrogens with one attached hydrogen (secondary N) is 1. The second-order valence-corrected chi connectivity index (χ2v) is 6.12. The summed E-state index contributed by atoms with van der Waals surface area (Å²) >= 11 is 6.19. The van der Waals surface area contributed by atoms with Crippen LogP contribution in [0.1, 0.15) is 22.7 Å². The van der Waals surface area contributed by atoms with Gasteiger partial charge in [-0.1, -0.05) is 41.4 Å². The van der Waals surface area contributed by atoms with Crippen molar-refractivity contribution >= 4 is 29.9 Å². The van der Waals surface area contributed by atoms with Crippen LogP contribution in [-0.4, -0.2) is 19.1 Å². The molecule has 1 atom stereocenters. The number of rotatable bonds is 4.